The van der Waals surface area contributed by atoms with Crippen LogP contribution in [0.3, 0.4) is 0 Å². The molecule has 1 saturated heterocycles. The van der Waals surface area contributed by atoms with E-state index < -0.39 is 36.4 Å². The maximum atomic E-state index is 12.4. The van der Waals surface area contributed by atoms with E-state index in [0.29, 0.717) is 18.5 Å². The zero-order chi connectivity index (χ0) is 20.3. The lowest BCUT2D eigenvalue weighted by atomic mass is 9.85. The third-order valence-electron chi connectivity index (χ3n) is 4.87. The van der Waals surface area contributed by atoms with E-state index >= 15 is 0 Å². The molecule has 1 aliphatic carbocycles. The number of imide groups is 1. The summed E-state index contributed by atoms with van der Waals surface area (Å²) in [7, 11) is 0. The third-order valence-corrected chi connectivity index (χ3v) is 4.87. The molecular weight excluding hydrogens is 362 g/mol. The van der Waals surface area contributed by atoms with Crippen molar-refractivity contribution < 1.29 is 23.9 Å². The van der Waals surface area contributed by atoms with Crippen LogP contribution in [-0.4, -0.2) is 41.2 Å². The van der Waals surface area contributed by atoms with Gasteiger partial charge >= 0.3 is 5.97 Å². The molecule has 1 aromatic carbocycles. The maximum absolute atomic E-state index is 12.4. The second kappa shape index (κ2) is 8.05. The molecule has 0 saturated carbocycles. The number of para-hydroxylation sites is 1. The number of anilines is 1. The number of hydrogen-bond acceptors (Lipinski definition) is 6. The summed E-state index contributed by atoms with van der Waals surface area (Å²) >= 11 is 0. The average Bonchev–Trinajstić information content (AvgIpc) is 2.93. The predicted molar refractivity (Wildman–Crippen MR) is 97.4 cm³/mol. The van der Waals surface area contributed by atoms with Crippen LogP contribution in [0, 0.1) is 23.2 Å². The molecule has 0 radical (unpaired) electrons. The summed E-state index contributed by atoms with van der Waals surface area (Å²) < 4.78 is 5.07. The Labute approximate surface area is 161 Å². The van der Waals surface area contributed by atoms with Crippen LogP contribution in [-0.2, 0) is 23.9 Å². The fraction of sp³-hybridized carbons (Fsp3) is 0.350. The summed E-state index contributed by atoms with van der Waals surface area (Å²) in [5, 5.41) is 11.6. The zero-order valence-corrected chi connectivity index (χ0v) is 15.3. The van der Waals surface area contributed by atoms with Gasteiger partial charge in [0, 0.05) is 0 Å². The Morgan fingerprint density at radius 3 is 2.43 bits per heavy atom. The van der Waals surface area contributed by atoms with Gasteiger partial charge in [-0.1, -0.05) is 24.3 Å². The van der Waals surface area contributed by atoms with Crippen molar-refractivity contribution in [1.82, 2.24) is 4.90 Å². The number of fused-ring (bicyclic) bond motifs is 1. The molecule has 1 aromatic rings. The number of allylic oxidation sites excluding steroid dienone is 2. The molecule has 144 valence electrons. The number of nitrogens with zero attached hydrogens (tertiary/aromatic N) is 2. The Balaban J connectivity index is 1.57. The fourth-order valence-electron chi connectivity index (χ4n) is 3.37. The van der Waals surface area contributed by atoms with Crippen molar-refractivity contribution in [2.24, 2.45) is 11.8 Å². The molecule has 1 aliphatic heterocycles. The average molecular weight is 381 g/mol. The minimum absolute atomic E-state index is 0.277. The number of hydrogen-bond donors (Lipinski definition) is 1. The van der Waals surface area contributed by atoms with E-state index in [1.165, 1.54) is 6.92 Å². The van der Waals surface area contributed by atoms with Crippen LogP contribution in [0.1, 0.15) is 25.3 Å². The van der Waals surface area contributed by atoms with Crippen molar-refractivity contribution >= 4 is 29.4 Å². The first-order valence-electron chi connectivity index (χ1n) is 8.92. The van der Waals surface area contributed by atoms with Gasteiger partial charge in [0.1, 0.15) is 12.6 Å². The van der Waals surface area contributed by atoms with E-state index in [2.05, 4.69) is 5.32 Å². The number of benzene rings is 1. The first kappa shape index (κ1) is 19.3. The molecule has 1 fully saturated rings. The molecule has 1 N–H and O–H groups in total. The SMILES string of the molecule is C[C@@H](OC(=O)CN1C(=O)[C@H]2CC=CC[C@@H]2C1=O)C(=O)Nc1ccccc1C#N. The highest BCUT2D eigenvalue weighted by Crippen LogP contribution is 2.34. The number of ether oxygens (including phenoxy) is 1. The summed E-state index contributed by atoms with van der Waals surface area (Å²) in [5.74, 6) is -3.06. The van der Waals surface area contributed by atoms with E-state index in [-0.39, 0.29) is 17.4 Å². The van der Waals surface area contributed by atoms with Crippen molar-refractivity contribution in [2.75, 3.05) is 11.9 Å². The van der Waals surface area contributed by atoms with E-state index in [1.807, 2.05) is 18.2 Å². The molecular formula is C20H19N3O5. The summed E-state index contributed by atoms with van der Waals surface area (Å²) in [5.41, 5.74) is 0.582. The fourth-order valence-corrected chi connectivity index (χ4v) is 3.37. The number of carbonyl (C=O) groups excluding carboxylic acids is 4. The van der Waals surface area contributed by atoms with E-state index in [4.69, 9.17) is 10.00 Å². The lowest BCUT2D eigenvalue weighted by Crippen LogP contribution is -2.39. The number of rotatable bonds is 5. The second-order valence-electron chi connectivity index (χ2n) is 6.70. The molecule has 1 heterocycles. The van der Waals surface area contributed by atoms with Crippen molar-refractivity contribution in [3.63, 3.8) is 0 Å². The van der Waals surface area contributed by atoms with Crippen LogP contribution in [0.4, 0.5) is 5.69 Å². The first-order valence-corrected chi connectivity index (χ1v) is 8.92. The Morgan fingerprint density at radius 1 is 1.21 bits per heavy atom. The molecule has 3 atom stereocenters. The third kappa shape index (κ3) is 3.78. The Kier molecular flexibility index (Phi) is 5.54. The Hall–Kier alpha value is -3.47. The van der Waals surface area contributed by atoms with Crippen molar-refractivity contribution in [1.29, 1.82) is 5.26 Å². The monoisotopic (exact) mass is 381 g/mol. The summed E-state index contributed by atoms with van der Waals surface area (Å²) in [6.07, 6.45) is 3.53. The first-order chi connectivity index (χ1) is 13.4. The van der Waals surface area contributed by atoms with Gasteiger partial charge in [-0.15, -0.1) is 0 Å². The van der Waals surface area contributed by atoms with Crippen molar-refractivity contribution in [3.05, 3.63) is 42.0 Å². The van der Waals surface area contributed by atoms with Gasteiger partial charge in [-0.05, 0) is 31.9 Å². The van der Waals surface area contributed by atoms with Crippen LogP contribution in [0.2, 0.25) is 0 Å². The molecule has 2 aliphatic rings. The highest BCUT2D eigenvalue weighted by atomic mass is 16.5. The number of amides is 3. The van der Waals surface area contributed by atoms with Gasteiger partial charge in [-0.25, -0.2) is 0 Å². The normalized spacial score (nSPS) is 21.6. The maximum Gasteiger partial charge on any atom is 0.326 e. The van der Waals surface area contributed by atoms with Crippen LogP contribution in [0.15, 0.2) is 36.4 Å². The van der Waals surface area contributed by atoms with Crippen molar-refractivity contribution in [3.8, 4) is 6.07 Å². The highest BCUT2D eigenvalue weighted by molar-refractivity contribution is 6.07. The Morgan fingerprint density at radius 2 is 1.82 bits per heavy atom. The summed E-state index contributed by atoms with van der Waals surface area (Å²) in [4.78, 5) is 50.1. The number of nitriles is 1. The number of nitrogens with one attached hydrogen (secondary N) is 1. The Bertz CT molecular complexity index is 875. The summed E-state index contributed by atoms with van der Waals surface area (Å²) in [6.45, 7) is 0.858. The number of carbonyl (C=O) groups is 4. The molecule has 8 nitrogen and oxygen atoms in total. The lowest BCUT2D eigenvalue weighted by molar-refractivity contribution is -0.158. The number of esters is 1. The minimum Gasteiger partial charge on any atom is -0.451 e. The molecule has 3 amide bonds. The van der Waals surface area contributed by atoms with Crippen LogP contribution in [0.25, 0.3) is 0 Å². The number of likely N-dealkylation sites (tertiary alicyclic amines) is 1. The molecule has 28 heavy (non-hydrogen) atoms. The quantitative estimate of drug-likeness (QED) is 0.468. The van der Waals surface area contributed by atoms with Crippen LogP contribution < -0.4 is 5.32 Å². The van der Waals surface area contributed by atoms with Gasteiger partial charge in [-0.2, -0.15) is 5.26 Å². The standard InChI is InChI=1S/C20H19N3O5/c1-12(18(25)22-16-9-5-2-6-13(16)10-21)28-17(24)11-23-19(26)14-7-3-4-8-15(14)20(23)27/h2-6,9,12,14-15H,7-8,11H2,1H3,(H,22,25)/t12-,14+,15+/m1/s1. The lowest BCUT2D eigenvalue weighted by Gasteiger charge is -2.17. The zero-order valence-electron chi connectivity index (χ0n) is 15.3. The van der Waals surface area contributed by atoms with Gasteiger partial charge in [0.25, 0.3) is 5.91 Å². The molecule has 0 bridgehead atoms. The van der Waals surface area contributed by atoms with Crippen LogP contribution >= 0.6 is 0 Å². The van der Waals surface area contributed by atoms with E-state index in [0.717, 1.165) is 4.90 Å². The minimum atomic E-state index is -1.16. The molecule has 0 spiro atoms. The van der Waals surface area contributed by atoms with E-state index in [1.54, 1.807) is 24.3 Å². The second-order valence-corrected chi connectivity index (χ2v) is 6.70. The van der Waals surface area contributed by atoms with Gasteiger partial charge in [0.15, 0.2) is 6.10 Å². The van der Waals surface area contributed by atoms with Gasteiger partial charge < -0.3 is 10.1 Å². The highest BCUT2D eigenvalue weighted by Gasteiger charge is 2.47. The summed E-state index contributed by atoms with van der Waals surface area (Å²) in [6, 6.07) is 8.38. The molecule has 0 unspecified atom stereocenters. The van der Waals surface area contributed by atoms with Gasteiger partial charge in [-0.3, -0.25) is 24.1 Å². The predicted octanol–water partition coefficient (Wildman–Crippen LogP) is 1.38. The van der Waals surface area contributed by atoms with Gasteiger partial charge in [0.05, 0.1) is 23.1 Å². The van der Waals surface area contributed by atoms with Gasteiger partial charge in [0.2, 0.25) is 11.8 Å². The molecule has 8 heteroatoms. The molecule has 0 aromatic heterocycles. The van der Waals surface area contributed by atoms with Crippen molar-refractivity contribution in [2.45, 2.75) is 25.9 Å². The topological polar surface area (TPSA) is 117 Å². The van der Waals surface area contributed by atoms with Crippen LogP contribution in [0.5, 0.6) is 0 Å². The smallest absolute Gasteiger partial charge is 0.326 e. The largest absolute Gasteiger partial charge is 0.451 e. The van der Waals surface area contributed by atoms with E-state index in [9.17, 15) is 19.2 Å². The molecule has 3 rings (SSSR count).